The first-order valence-electron chi connectivity index (χ1n) is 6.78. The minimum atomic E-state index is 0.558. The summed E-state index contributed by atoms with van der Waals surface area (Å²) >= 11 is 6.15. The summed E-state index contributed by atoms with van der Waals surface area (Å²) in [6.07, 6.45) is 1.69. The molecular formula is C15H19ClN4O. The average molecular weight is 307 g/mol. The average Bonchev–Trinajstić information content (AvgIpc) is 2.46. The van der Waals surface area contributed by atoms with E-state index < -0.39 is 0 Å². The predicted molar refractivity (Wildman–Crippen MR) is 83.3 cm³/mol. The van der Waals surface area contributed by atoms with Crippen molar-refractivity contribution >= 4 is 11.6 Å². The number of nitrogens with one attached hydrogen (secondary N) is 1. The summed E-state index contributed by atoms with van der Waals surface area (Å²) in [6, 6.07) is 3.58. The molecule has 21 heavy (non-hydrogen) atoms. The molecule has 0 saturated heterocycles. The molecule has 5 nitrogen and oxygen atoms in total. The third-order valence-electron chi connectivity index (χ3n) is 3.18. The van der Waals surface area contributed by atoms with Crippen LogP contribution in [0.1, 0.15) is 17.0 Å². The number of aromatic nitrogens is 3. The van der Waals surface area contributed by atoms with Gasteiger partial charge in [0, 0.05) is 43.3 Å². The largest absolute Gasteiger partial charge is 0.383 e. The summed E-state index contributed by atoms with van der Waals surface area (Å²) in [5, 5.41) is 3.87. The van der Waals surface area contributed by atoms with Crippen LogP contribution >= 0.6 is 11.6 Å². The third kappa shape index (κ3) is 3.97. The van der Waals surface area contributed by atoms with Crippen LogP contribution in [0.2, 0.25) is 5.02 Å². The Kier molecular flexibility index (Phi) is 5.61. The molecule has 2 heterocycles. The molecule has 0 radical (unpaired) electrons. The van der Waals surface area contributed by atoms with E-state index in [4.69, 9.17) is 16.3 Å². The highest BCUT2D eigenvalue weighted by Gasteiger charge is 2.12. The van der Waals surface area contributed by atoms with Crippen LogP contribution < -0.4 is 5.32 Å². The van der Waals surface area contributed by atoms with Crippen molar-refractivity contribution in [2.24, 2.45) is 0 Å². The van der Waals surface area contributed by atoms with Crippen LogP contribution in [0.3, 0.4) is 0 Å². The Bertz CT molecular complexity index is 595. The van der Waals surface area contributed by atoms with Gasteiger partial charge in [0.05, 0.1) is 11.6 Å². The Labute approximate surface area is 129 Å². The predicted octanol–water partition coefficient (Wildman–Crippen LogP) is 2.54. The number of ether oxygens (including phenoxy) is 1. The number of halogens is 1. The molecule has 2 rings (SSSR count). The normalized spacial score (nSPS) is 10.9. The van der Waals surface area contributed by atoms with Gasteiger partial charge >= 0.3 is 0 Å². The van der Waals surface area contributed by atoms with E-state index in [2.05, 4.69) is 20.3 Å². The summed E-state index contributed by atoms with van der Waals surface area (Å²) in [7, 11) is 1.69. The Morgan fingerprint density at radius 2 is 1.95 bits per heavy atom. The van der Waals surface area contributed by atoms with E-state index in [0.29, 0.717) is 23.1 Å². The van der Waals surface area contributed by atoms with E-state index in [1.54, 1.807) is 25.4 Å². The highest BCUT2D eigenvalue weighted by atomic mass is 35.5. The maximum absolute atomic E-state index is 6.15. The fourth-order valence-electron chi connectivity index (χ4n) is 2.04. The van der Waals surface area contributed by atoms with E-state index >= 15 is 0 Å². The molecule has 0 aromatic carbocycles. The Morgan fingerprint density at radius 3 is 2.57 bits per heavy atom. The zero-order valence-electron chi connectivity index (χ0n) is 12.5. The van der Waals surface area contributed by atoms with Crippen LogP contribution in [-0.4, -0.2) is 35.2 Å². The molecule has 0 aliphatic heterocycles. The number of methoxy groups -OCH3 is 1. The highest BCUT2D eigenvalue weighted by molar-refractivity contribution is 6.32. The van der Waals surface area contributed by atoms with Crippen molar-refractivity contribution in [3.8, 4) is 11.5 Å². The standard InChI is InChI=1S/C15H19ClN4O/c1-10-12(9-17-7-8-21-3)11(2)20-15(19-10)14-13(16)5-4-6-18-14/h4-6,17H,7-9H2,1-3H3. The molecule has 0 aliphatic carbocycles. The summed E-state index contributed by atoms with van der Waals surface area (Å²) < 4.78 is 5.01. The zero-order valence-corrected chi connectivity index (χ0v) is 13.2. The van der Waals surface area contributed by atoms with E-state index in [-0.39, 0.29) is 0 Å². The van der Waals surface area contributed by atoms with Crippen molar-refractivity contribution in [2.75, 3.05) is 20.3 Å². The first kappa shape index (κ1) is 15.8. The number of rotatable bonds is 6. The quantitative estimate of drug-likeness (QED) is 0.831. The van der Waals surface area contributed by atoms with Crippen LogP contribution in [0.25, 0.3) is 11.5 Å². The first-order valence-corrected chi connectivity index (χ1v) is 7.16. The van der Waals surface area contributed by atoms with Crippen molar-refractivity contribution in [3.05, 3.63) is 40.3 Å². The molecule has 2 aromatic heterocycles. The molecule has 0 atom stereocenters. The van der Waals surface area contributed by atoms with Crippen molar-refractivity contribution in [2.45, 2.75) is 20.4 Å². The number of nitrogens with zero attached hydrogens (tertiary/aromatic N) is 3. The van der Waals surface area contributed by atoms with Crippen molar-refractivity contribution in [3.63, 3.8) is 0 Å². The lowest BCUT2D eigenvalue weighted by atomic mass is 10.1. The van der Waals surface area contributed by atoms with Crippen molar-refractivity contribution in [1.82, 2.24) is 20.3 Å². The topological polar surface area (TPSA) is 59.9 Å². The lowest BCUT2D eigenvalue weighted by Crippen LogP contribution is -2.20. The summed E-state index contributed by atoms with van der Waals surface area (Å²) in [5.74, 6) is 0.566. The number of aryl methyl sites for hydroxylation is 2. The van der Waals surface area contributed by atoms with E-state index in [0.717, 1.165) is 30.0 Å². The second kappa shape index (κ2) is 7.45. The summed E-state index contributed by atoms with van der Waals surface area (Å²) in [4.78, 5) is 13.3. The van der Waals surface area contributed by atoms with Crippen LogP contribution in [0.5, 0.6) is 0 Å². The lowest BCUT2D eigenvalue weighted by molar-refractivity contribution is 0.199. The fourth-order valence-corrected chi connectivity index (χ4v) is 2.25. The molecular weight excluding hydrogens is 288 g/mol. The fraction of sp³-hybridized carbons (Fsp3) is 0.400. The van der Waals surface area contributed by atoms with Crippen molar-refractivity contribution < 1.29 is 4.74 Å². The van der Waals surface area contributed by atoms with E-state index in [1.165, 1.54) is 0 Å². The zero-order chi connectivity index (χ0) is 15.2. The van der Waals surface area contributed by atoms with E-state index in [1.807, 2.05) is 13.8 Å². The molecule has 1 N–H and O–H groups in total. The molecule has 0 unspecified atom stereocenters. The summed E-state index contributed by atoms with van der Waals surface area (Å²) in [6.45, 7) is 6.14. The van der Waals surface area contributed by atoms with Gasteiger partial charge in [0.25, 0.3) is 0 Å². The Morgan fingerprint density at radius 1 is 1.24 bits per heavy atom. The molecule has 0 fully saturated rings. The number of hydrogen-bond donors (Lipinski definition) is 1. The van der Waals surface area contributed by atoms with Gasteiger partial charge in [-0.2, -0.15) is 0 Å². The molecule has 0 aliphatic rings. The Balaban J connectivity index is 2.23. The number of pyridine rings is 1. The van der Waals surface area contributed by atoms with Gasteiger partial charge in [-0.3, -0.25) is 4.98 Å². The minimum absolute atomic E-state index is 0.558. The second-order valence-corrected chi connectivity index (χ2v) is 5.11. The second-order valence-electron chi connectivity index (χ2n) is 4.70. The van der Waals surface area contributed by atoms with Gasteiger partial charge < -0.3 is 10.1 Å². The smallest absolute Gasteiger partial charge is 0.180 e. The Hall–Kier alpha value is -1.56. The van der Waals surface area contributed by atoms with Gasteiger partial charge in [-0.1, -0.05) is 11.6 Å². The molecule has 6 heteroatoms. The monoisotopic (exact) mass is 306 g/mol. The maximum atomic E-state index is 6.15. The third-order valence-corrected chi connectivity index (χ3v) is 3.48. The van der Waals surface area contributed by atoms with E-state index in [9.17, 15) is 0 Å². The molecule has 0 amide bonds. The highest BCUT2D eigenvalue weighted by Crippen LogP contribution is 2.23. The maximum Gasteiger partial charge on any atom is 0.180 e. The SMILES string of the molecule is COCCNCc1c(C)nc(-c2ncccc2Cl)nc1C. The molecule has 0 spiro atoms. The van der Waals surface area contributed by atoms with Crippen LogP contribution in [0.4, 0.5) is 0 Å². The van der Waals surface area contributed by atoms with Gasteiger partial charge in [0.1, 0.15) is 5.69 Å². The van der Waals surface area contributed by atoms with Gasteiger partial charge in [-0.15, -0.1) is 0 Å². The van der Waals surface area contributed by atoms with Crippen LogP contribution in [0, 0.1) is 13.8 Å². The molecule has 0 saturated carbocycles. The van der Waals surface area contributed by atoms with Crippen LogP contribution in [0.15, 0.2) is 18.3 Å². The van der Waals surface area contributed by atoms with Gasteiger partial charge in [0.2, 0.25) is 0 Å². The summed E-state index contributed by atoms with van der Waals surface area (Å²) in [5.41, 5.74) is 3.58. The number of hydrogen-bond acceptors (Lipinski definition) is 5. The van der Waals surface area contributed by atoms with Gasteiger partial charge in [-0.25, -0.2) is 9.97 Å². The van der Waals surface area contributed by atoms with Gasteiger partial charge in [-0.05, 0) is 26.0 Å². The van der Waals surface area contributed by atoms with Gasteiger partial charge in [0.15, 0.2) is 5.82 Å². The van der Waals surface area contributed by atoms with Crippen molar-refractivity contribution in [1.29, 1.82) is 0 Å². The molecule has 112 valence electrons. The lowest BCUT2D eigenvalue weighted by Gasteiger charge is -2.12. The van der Waals surface area contributed by atoms with Crippen LogP contribution in [-0.2, 0) is 11.3 Å². The first-order chi connectivity index (χ1) is 10.1. The molecule has 0 bridgehead atoms. The molecule has 2 aromatic rings. The minimum Gasteiger partial charge on any atom is -0.383 e.